The van der Waals surface area contributed by atoms with Gasteiger partial charge in [-0.2, -0.15) is 0 Å². The topological polar surface area (TPSA) is 132 Å². The van der Waals surface area contributed by atoms with Crippen molar-refractivity contribution in [2.75, 3.05) is 19.0 Å². The molecule has 1 fully saturated rings. The number of hydrogen-bond donors (Lipinski definition) is 3. The number of ether oxygens (including phenoxy) is 4. The lowest BCUT2D eigenvalue weighted by Crippen LogP contribution is -2.54. The van der Waals surface area contributed by atoms with Crippen molar-refractivity contribution in [1.29, 1.82) is 0 Å². The van der Waals surface area contributed by atoms with E-state index in [0.29, 0.717) is 29.9 Å². The molecule has 10 heteroatoms. The predicted molar refractivity (Wildman–Crippen MR) is 147 cm³/mol. The molecule has 1 amide bonds. The van der Waals surface area contributed by atoms with Gasteiger partial charge in [-0.1, -0.05) is 57.9 Å². The number of carbonyl (C=O) groups is 3. The van der Waals surface area contributed by atoms with E-state index < -0.39 is 17.7 Å². The minimum absolute atomic E-state index is 0.0621. The molecule has 4 atom stereocenters. The van der Waals surface area contributed by atoms with Crippen LogP contribution in [0.3, 0.4) is 0 Å². The molecule has 1 saturated carbocycles. The largest absolute Gasteiger partial charge is 0.475 e. The second-order valence-electron chi connectivity index (χ2n) is 10.8. The smallest absolute Gasteiger partial charge is 0.453 e. The Kier molecular flexibility index (Phi) is 9.19. The van der Waals surface area contributed by atoms with Gasteiger partial charge in [-0.25, -0.2) is 9.59 Å². The van der Waals surface area contributed by atoms with Gasteiger partial charge in [0.25, 0.3) is 0 Å². The minimum Gasteiger partial charge on any atom is -0.475 e. The molecule has 3 N–H and O–H groups in total. The molecule has 1 aliphatic heterocycles. The van der Waals surface area contributed by atoms with Crippen LogP contribution in [0, 0.1) is 17.8 Å². The van der Waals surface area contributed by atoms with E-state index in [1.807, 2.05) is 24.3 Å². The highest BCUT2D eigenvalue weighted by atomic mass is 16.8. The highest BCUT2D eigenvalue weighted by molar-refractivity contribution is 6.02. The predicted octanol–water partition coefficient (Wildman–Crippen LogP) is 4.12. The Morgan fingerprint density at radius 2 is 1.82 bits per heavy atom. The number of carboxylic acids is 1. The molecule has 0 saturated heterocycles. The summed E-state index contributed by atoms with van der Waals surface area (Å²) in [6, 6.07) is 12.5. The number of carbonyl (C=O) groups excluding carboxylic acids is 2. The number of rotatable bonds is 11. The van der Waals surface area contributed by atoms with Crippen LogP contribution < -0.4 is 20.1 Å². The molecule has 0 radical (unpaired) electrons. The summed E-state index contributed by atoms with van der Waals surface area (Å²) in [5, 5.41) is 15.7. The summed E-state index contributed by atoms with van der Waals surface area (Å²) in [5.41, 5.74) is 2.35. The third-order valence-electron chi connectivity index (χ3n) is 7.65. The van der Waals surface area contributed by atoms with E-state index in [-0.39, 0.29) is 36.7 Å². The van der Waals surface area contributed by atoms with E-state index >= 15 is 0 Å². The van der Waals surface area contributed by atoms with Crippen LogP contribution >= 0.6 is 0 Å². The SMILES string of the molecule is COC(=O)C1(C(=O)O)Oc2cccc(CNc3ccc(CNC(=O)COC4CCCC(C)C4C(C)C)cc3)c2O1. The van der Waals surface area contributed by atoms with E-state index in [4.69, 9.17) is 14.2 Å². The highest BCUT2D eigenvalue weighted by Crippen LogP contribution is 2.43. The molecule has 0 spiro atoms. The summed E-state index contributed by atoms with van der Waals surface area (Å²) in [6.07, 6.45) is 3.49. The first-order valence-corrected chi connectivity index (χ1v) is 13.7. The zero-order valence-corrected chi connectivity index (χ0v) is 23.4. The Balaban J connectivity index is 1.27. The van der Waals surface area contributed by atoms with Crippen molar-refractivity contribution < 1.29 is 38.4 Å². The number of methoxy groups -OCH3 is 1. The molecule has 1 aliphatic carbocycles. The zero-order valence-electron chi connectivity index (χ0n) is 23.4. The number of esters is 1. The average molecular weight is 555 g/mol. The molecule has 2 aromatic carbocycles. The fourth-order valence-electron chi connectivity index (χ4n) is 5.65. The Labute approximate surface area is 234 Å². The molecule has 2 aliphatic rings. The van der Waals surface area contributed by atoms with Crippen LogP contribution in [0.2, 0.25) is 0 Å². The summed E-state index contributed by atoms with van der Waals surface area (Å²) in [4.78, 5) is 36.3. The second-order valence-corrected chi connectivity index (χ2v) is 10.8. The number of benzene rings is 2. The van der Waals surface area contributed by atoms with Crippen molar-refractivity contribution in [3.05, 3.63) is 53.6 Å². The summed E-state index contributed by atoms with van der Waals surface area (Å²) >= 11 is 0. The van der Waals surface area contributed by atoms with Gasteiger partial charge in [-0.05, 0) is 47.9 Å². The van der Waals surface area contributed by atoms with Crippen LogP contribution in [-0.4, -0.2) is 48.6 Å². The first-order chi connectivity index (χ1) is 19.1. The number of hydrogen-bond acceptors (Lipinski definition) is 8. The molecule has 0 aromatic heterocycles. The number of nitrogens with one attached hydrogen (secondary N) is 2. The van der Waals surface area contributed by atoms with Gasteiger partial charge in [0.2, 0.25) is 5.91 Å². The maximum Gasteiger partial charge on any atom is 0.453 e. The van der Waals surface area contributed by atoms with Gasteiger partial charge >= 0.3 is 17.7 Å². The van der Waals surface area contributed by atoms with E-state index in [1.54, 1.807) is 12.1 Å². The van der Waals surface area contributed by atoms with Gasteiger partial charge < -0.3 is 34.7 Å². The Morgan fingerprint density at radius 3 is 2.50 bits per heavy atom. The van der Waals surface area contributed by atoms with E-state index in [9.17, 15) is 19.5 Å². The van der Waals surface area contributed by atoms with E-state index in [1.165, 1.54) is 12.5 Å². The number of carboxylic acid groups (broad SMARTS) is 1. The monoisotopic (exact) mass is 554 g/mol. The standard InChI is InChI=1S/C30H38N2O8/c1-18(2)26-19(3)7-5-9-23(26)38-17-25(33)32-15-20-11-13-22(14-12-20)31-16-21-8-6-10-24-27(21)40-30(39-24,28(34)35)29(36)37-4/h6,8,10-14,18-19,23,26,31H,5,7,9,15-17H2,1-4H3,(H,32,33)(H,34,35). The van der Waals surface area contributed by atoms with Crippen molar-refractivity contribution in [3.63, 3.8) is 0 Å². The average Bonchev–Trinajstić information content (AvgIpc) is 3.35. The van der Waals surface area contributed by atoms with E-state index in [2.05, 4.69) is 36.1 Å². The summed E-state index contributed by atoms with van der Waals surface area (Å²) in [6.45, 7) is 7.47. The van der Waals surface area contributed by atoms with Gasteiger partial charge in [0.05, 0.1) is 13.2 Å². The second kappa shape index (κ2) is 12.6. The number of para-hydroxylation sites is 1. The summed E-state index contributed by atoms with van der Waals surface area (Å²) in [7, 11) is 1.06. The minimum atomic E-state index is -2.57. The third-order valence-corrected chi connectivity index (χ3v) is 7.65. The maximum atomic E-state index is 12.4. The Bertz CT molecular complexity index is 1210. The van der Waals surface area contributed by atoms with Gasteiger partial charge in [0.1, 0.15) is 6.61 Å². The third kappa shape index (κ3) is 6.33. The molecular formula is C30H38N2O8. The van der Waals surface area contributed by atoms with Crippen LogP contribution in [-0.2, 0) is 36.9 Å². The van der Waals surface area contributed by atoms with E-state index in [0.717, 1.165) is 31.2 Å². The van der Waals surface area contributed by atoms with Crippen LogP contribution in [0.25, 0.3) is 0 Å². The fraction of sp³-hybridized carbons (Fsp3) is 0.500. The lowest BCUT2D eigenvalue weighted by atomic mass is 9.72. The van der Waals surface area contributed by atoms with Crippen molar-refractivity contribution in [2.45, 2.75) is 65.0 Å². The first-order valence-electron chi connectivity index (χ1n) is 13.7. The number of anilines is 1. The van der Waals surface area contributed by atoms with Crippen LogP contribution in [0.15, 0.2) is 42.5 Å². The normalized spacial score (nSPS) is 23.5. The molecule has 2 aromatic rings. The molecule has 1 heterocycles. The van der Waals surface area contributed by atoms with Crippen molar-refractivity contribution >= 4 is 23.5 Å². The lowest BCUT2D eigenvalue weighted by Gasteiger charge is -2.38. The molecule has 0 bridgehead atoms. The molecular weight excluding hydrogens is 516 g/mol. The summed E-state index contributed by atoms with van der Waals surface area (Å²) in [5.74, 6) is -3.56. The maximum absolute atomic E-state index is 12.4. The summed E-state index contributed by atoms with van der Waals surface area (Å²) < 4.78 is 21.5. The number of amides is 1. The molecule has 4 rings (SSSR count). The Hall–Kier alpha value is -3.79. The molecule has 10 nitrogen and oxygen atoms in total. The number of aliphatic carboxylic acids is 1. The molecule has 216 valence electrons. The van der Waals surface area contributed by atoms with Gasteiger partial charge in [0, 0.05) is 24.3 Å². The Morgan fingerprint density at radius 1 is 1.07 bits per heavy atom. The van der Waals surface area contributed by atoms with Crippen LogP contribution in [0.1, 0.15) is 51.2 Å². The van der Waals surface area contributed by atoms with Crippen LogP contribution in [0.5, 0.6) is 11.5 Å². The highest BCUT2D eigenvalue weighted by Gasteiger charge is 2.59. The van der Waals surface area contributed by atoms with Crippen molar-refractivity contribution in [3.8, 4) is 11.5 Å². The van der Waals surface area contributed by atoms with Crippen LogP contribution in [0.4, 0.5) is 5.69 Å². The van der Waals surface area contributed by atoms with Gasteiger partial charge in [-0.3, -0.25) is 4.79 Å². The number of fused-ring (bicyclic) bond motifs is 1. The molecule has 40 heavy (non-hydrogen) atoms. The van der Waals surface area contributed by atoms with Crippen molar-refractivity contribution in [1.82, 2.24) is 5.32 Å². The van der Waals surface area contributed by atoms with Gasteiger partial charge in [-0.15, -0.1) is 0 Å². The van der Waals surface area contributed by atoms with Gasteiger partial charge in [0.15, 0.2) is 11.5 Å². The van der Waals surface area contributed by atoms with Crippen molar-refractivity contribution in [2.24, 2.45) is 17.8 Å². The first kappa shape index (κ1) is 29.2. The zero-order chi connectivity index (χ0) is 28.9. The molecule has 4 unspecified atom stereocenters. The lowest BCUT2D eigenvalue weighted by molar-refractivity contribution is -0.196. The quantitative estimate of drug-likeness (QED) is 0.277. The fourth-order valence-corrected chi connectivity index (χ4v) is 5.65.